The predicted octanol–water partition coefficient (Wildman–Crippen LogP) is 3.83. The van der Waals surface area contributed by atoms with E-state index in [9.17, 15) is 9.50 Å². The van der Waals surface area contributed by atoms with E-state index in [1.54, 1.807) is 25.1 Å². The summed E-state index contributed by atoms with van der Waals surface area (Å²) in [6, 6.07) is 7.70. The number of hydrogen-bond donors (Lipinski definition) is 1. The predicted molar refractivity (Wildman–Crippen MR) is 69.0 cm³/mol. The first-order valence-electron chi connectivity index (χ1n) is 5.33. The molecule has 1 aromatic carbocycles. The van der Waals surface area contributed by atoms with E-state index in [0.717, 1.165) is 4.47 Å². The van der Waals surface area contributed by atoms with Crippen LogP contribution in [0.25, 0.3) is 0 Å². The Labute approximate surface area is 112 Å². The van der Waals surface area contributed by atoms with E-state index >= 15 is 0 Å². The number of aliphatic hydroxyl groups is 1. The molecule has 0 spiro atoms. The summed E-state index contributed by atoms with van der Waals surface area (Å²) in [5.74, 6) is -0.0855. The lowest BCUT2D eigenvalue weighted by Crippen LogP contribution is -1.94. The van der Waals surface area contributed by atoms with Crippen molar-refractivity contribution in [3.63, 3.8) is 0 Å². The summed E-state index contributed by atoms with van der Waals surface area (Å²) in [5, 5.41) is 9.34. The molecular formula is C13H11BrFNO2. The maximum absolute atomic E-state index is 13.4. The molecule has 0 amide bonds. The Morgan fingerprint density at radius 2 is 2.11 bits per heavy atom. The van der Waals surface area contributed by atoms with Crippen LogP contribution < -0.4 is 4.74 Å². The Morgan fingerprint density at radius 1 is 1.33 bits per heavy atom. The molecule has 2 aromatic rings. The Hall–Kier alpha value is -1.46. The third kappa shape index (κ3) is 3.05. The van der Waals surface area contributed by atoms with Gasteiger partial charge in [-0.1, -0.05) is 15.9 Å². The van der Waals surface area contributed by atoms with Crippen LogP contribution >= 0.6 is 15.9 Å². The molecule has 0 radical (unpaired) electrons. The number of aliphatic hydroxyl groups excluding tert-OH is 1. The fourth-order valence-electron chi connectivity index (χ4n) is 1.37. The molecule has 0 unspecified atom stereocenters. The molecule has 0 aliphatic heterocycles. The fourth-order valence-corrected chi connectivity index (χ4v) is 1.71. The van der Waals surface area contributed by atoms with Gasteiger partial charge in [-0.25, -0.2) is 9.37 Å². The van der Waals surface area contributed by atoms with Crippen LogP contribution in [0, 0.1) is 5.82 Å². The molecule has 0 aliphatic rings. The minimum atomic E-state index is -0.589. The van der Waals surface area contributed by atoms with Crippen LogP contribution in [0.2, 0.25) is 0 Å². The summed E-state index contributed by atoms with van der Waals surface area (Å²) in [6.07, 6.45) is 0.907. The van der Waals surface area contributed by atoms with Crippen molar-refractivity contribution >= 4 is 15.9 Å². The van der Waals surface area contributed by atoms with Crippen molar-refractivity contribution in [2.24, 2.45) is 0 Å². The van der Waals surface area contributed by atoms with E-state index in [1.165, 1.54) is 18.3 Å². The van der Waals surface area contributed by atoms with Crippen molar-refractivity contribution in [3.05, 3.63) is 52.4 Å². The van der Waals surface area contributed by atoms with Gasteiger partial charge in [-0.2, -0.15) is 0 Å². The third-order valence-corrected chi connectivity index (χ3v) is 2.84. The second kappa shape index (κ2) is 5.46. The number of nitrogens with zero attached hydrogens (tertiary/aromatic N) is 1. The van der Waals surface area contributed by atoms with Crippen LogP contribution in [0.1, 0.15) is 18.6 Å². The van der Waals surface area contributed by atoms with Gasteiger partial charge in [0.05, 0.1) is 6.10 Å². The van der Waals surface area contributed by atoms with Gasteiger partial charge in [-0.15, -0.1) is 0 Å². The van der Waals surface area contributed by atoms with Gasteiger partial charge in [0.25, 0.3) is 0 Å². The zero-order valence-electron chi connectivity index (χ0n) is 9.60. The molecule has 1 heterocycles. The van der Waals surface area contributed by atoms with Crippen LogP contribution in [-0.2, 0) is 0 Å². The van der Waals surface area contributed by atoms with E-state index in [-0.39, 0.29) is 11.6 Å². The highest BCUT2D eigenvalue weighted by Gasteiger charge is 2.07. The van der Waals surface area contributed by atoms with Crippen LogP contribution in [0.15, 0.2) is 41.0 Å². The van der Waals surface area contributed by atoms with Crippen molar-refractivity contribution < 1.29 is 14.2 Å². The van der Waals surface area contributed by atoms with Gasteiger partial charge in [-0.05, 0) is 36.8 Å². The van der Waals surface area contributed by atoms with Gasteiger partial charge >= 0.3 is 0 Å². The molecule has 1 N–H and O–H groups in total. The van der Waals surface area contributed by atoms with Gasteiger partial charge in [0.1, 0.15) is 0 Å². The lowest BCUT2D eigenvalue weighted by atomic mass is 10.2. The highest BCUT2D eigenvalue weighted by molar-refractivity contribution is 9.10. The van der Waals surface area contributed by atoms with Crippen LogP contribution in [0.4, 0.5) is 4.39 Å². The summed E-state index contributed by atoms with van der Waals surface area (Å²) in [5.41, 5.74) is 0.678. The Balaban J connectivity index is 2.21. The standard InChI is InChI=1S/C13H11BrFNO2/c1-8(17)9-2-5-13(16-7-9)18-12-6-10(14)3-4-11(12)15/h2-8,17H,1H3/t8-/m0/s1. The van der Waals surface area contributed by atoms with Crippen molar-refractivity contribution in [2.75, 3.05) is 0 Å². The smallest absolute Gasteiger partial charge is 0.219 e. The fraction of sp³-hybridized carbons (Fsp3) is 0.154. The molecule has 1 atom stereocenters. The largest absolute Gasteiger partial charge is 0.436 e. The molecule has 0 aliphatic carbocycles. The van der Waals surface area contributed by atoms with Crippen molar-refractivity contribution in [3.8, 4) is 11.6 Å². The first-order valence-corrected chi connectivity index (χ1v) is 6.12. The van der Waals surface area contributed by atoms with E-state index in [0.29, 0.717) is 5.56 Å². The van der Waals surface area contributed by atoms with E-state index in [1.807, 2.05) is 0 Å². The Kier molecular flexibility index (Phi) is 3.93. The molecule has 5 heteroatoms. The lowest BCUT2D eigenvalue weighted by molar-refractivity contribution is 0.198. The van der Waals surface area contributed by atoms with Gasteiger partial charge in [0.15, 0.2) is 11.6 Å². The number of benzene rings is 1. The average molecular weight is 312 g/mol. The van der Waals surface area contributed by atoms with E-state index < -0.39 is 11.9 Å². The molecular weight excluding hydrogens is 301 g/mol. The highest BCUT2D eigenvalue weighted by Crippen LogP contribution is 2.26. The quantitative estimate of drug-likeness (QED) is 0.936. The molecule has 18 heavy (non-hydrogen) atoms. The first-order chi connectivity index (χ1) is 8.56. The molecule has 94 valence electrons. The summed E-state index contributed by atoms with van der Waals surface area (Å²) < 4.78 is 19.5. The SMILES string of the molecule is C[C@H](O)c1ccc(Oc2cc(Br)ccc2F)nc1. The number of halogens is 2. The van der Waals surface area contributed by atoms with E-state index in [2.05, 4.69) is 20.9 Å². The number of aromatic nitrogens is 1. The lowest BCUT2D eigenvalue weighted by Gasteiger charge is -2.08. The second-order valence-electron chi connectivity index (χ2n) is 3.78. The minimum absolute atomic E-state index is 0.0988. The summed E-state index contributed by atoms with van der Waals surface area (Å²) in [6.45, 7) is 1.64. The normalized spacial score (nSPS) is 12.2. The Bertz CT molecular complexity index is 543. The van der Waals surface area contributed by atoms with Crippen molar-refractivity contribution in [1.82, 2.24) is 4.98 Å². The summed E-state index contributed by atoms with van der Waals surface area (Å²) in [4.78, 5) is 4.00. The number of hydrogen-bond acceptors (Lipinski definition) is 3. The molecule has 3 nitrogen and oxygen atoms in total. The molecule has 1 aromatic heterocycles. The molecule has 0 bridgehead atoms. The van der Waals surface area contributed by atoms with Gasteiger partial charge in [0.2, 0.25) is 5.88 Å². The molecule has 0 saturated carbocycles. The number of ether oxygens (including phenoxy) is 1. The summed E-state index contributed by atoms with van der Waals surface area (Å²) >= 11 is 3.24. The minimum Gasteiger partial charge on any atom is -0.436 e. The summed E-state index contributed by atoms with van der Waals surface area (Å²) in [7, 11) is 0. The van der Waals surface area contributed by atoms with Crippen molar-refractivity contribution in [1.29, 1.82) is 0 Å². The Morgan fingerprint density at radius 3 is 2.72 bits per heavy atom. The van der Waals surface area contributed by atoms with Gasteiger partial charge in [0, 0.05) is 16.7 Å². The van der Waals surface area contributed by atoms with Crippen LogP contribution in [0.5, 0.6) is 11.6 Å². The highest BCUT2D eigenvalue weighted by atomic mass is 79.9. The maximum Gasteiger partial charge on any atom is 0.219 e. The van der Waals surface area contributed by atoms with Gasteiger partial charge < -0.3 is 9.84 Å². The maximum atomic E-state index is 13.4. The second-order valence-corrected chi connectivity index (χ2v) is 4.70. The van der Waals surface area contributed by atoms with Crippen LogP contribution in [0.3, 0.4) is 0 Å². The topological polar surface area (TPSA) is 42.4 Å². The average Bonchev–Trinajstić information content (AvgIpc) is 2.34. The molecule has 2 rings (SSSR count). The van der Waals surface area contributed by atoms with Gasteiger partial charge in [-0.3, -0.25) is 0 Å². The molecule has 0 fully saturated rings. The third-order valence-electron chi connectivity index (χ3n) is 2.35. The zero-order chi connectivity index (χ0) is 13.1. The monoisotopic (exact) mass is 311 g/mol. The first kappa shape index (κ1) is 13.0. The molecule has 0 saturated heterocycles. The van der Waals surface area contributed by atoms with Crippen LogP contribution in [-0.4, -0.2) is 10.1 Å². The van der Waals surface area contributed by atoms with E-state index in [4.69, 9.17) is 4.74 Å². The number of rotatable bonds is 3. The van der Waals surface area contributed by atoms with Crippen molar-refractivity contribution in [2.45, 2.75) is 13.0 Å². The zero-order valence-corrected chi connectivity index (χ0v) is 11.2. The number of pyridine rings is 1.